The molecule has 0 aromatic heterocycles. The van der Waals surface area contributed by atoms with E-state index < -0.39 is 10.0 Å². The van der Waals surface area contributed by atoms with Crippen molar-refractivity contribution in [1.82, 2.24) is 14.9 Å². The van der Waals surface area contributed by atoms with Gasteiger partial charge in [-0.15, -0.1) is 0 Å². The second kappa shape index (κ2) is 6.09. The first-order chi connectivity index (χ1) is 8.57. The van der Waals surface area contributed by atoms with E-state index in [9.17, 15) is 13.2 Å². The van der Waals surface area contributed by atoms with Crippen LogP contribution in [0.5, 0.6) is 0 Å². The van der Waals surface area contributed by atoms with Crippen LogP contribution in [0.1, 0.15) is 33.6 Å². The predicted molar refractivity (Wildman–Crippen MR) is 75.4 cm³/mol. The third-order valence-electron chi connectivity index (χ3n) is 3.02. The average Bonchev–Trinajstić information content (AvgIpc) is 2.23. The van der Waals surface area contributed by atoms with Gasteiger partial charge in [-0.25, -0.2) is 17.9 Å². The normalized spacial score (nSPS) is 18.4. The molecule has 2 N–H and O–H groups in total. The number of nitrogens with zero attached hydrogens (tertiary/aromatic N) is 1. The average molecular weight is 291 g/mol. The third-order valence-corrected chi connectivity index (χ3v) is 3.71. The van der Waals surface area contributed by atoms with Crippen molar-refractivity contribution in [2.24, 2.45) is 5.92 Å². The molecule has 0 radical (unpaired) electrons. The first-order valence-electron chi connectivity index (χ1n) is 6.58. The van der Waals surface area contributed by atoms with Gasteiger partial charge in [-0.1, -0.05) is 0 Å². The number of rotatable bonds is 3. The number of likely N-dealkylation sites (tertiary alicyclic amines) is 1. The molecule has 0 bridgehead atoms. The largest absolute Gasteiger partial charge is 0.333 e. The maximum Gasteiger partial charge on any atom is 0.317 e. The minimum absolute atomic E-state index is 0.0398. The Morgan fingerprint density at radius 1 is 1.26 bits per heavy atom. The van der Waals surface area contributed by atoms with Gasteiger partial charge in [0.05, 0.1) is 6.26 Å². The Labute approximate surface area is 116 Å². The van der Waals surface area contributed by atoms with Gasteiger partial charge in [-0.3, -0.25) is 0 Å². The number of piperidine rings is 1. The molecule has 0 atom stereocenters. The number of carbonyl (C=O) groups excluding carboxylic acids is 1. The fourth-order valence-corrected chi connectivity index (χ4v) is 2.55. The van der Waals surface area contributed by atoms with Crippen molar-refractivity contribution in [3.05, 3.63) is 0 Å². The first kappa shape index (κ1) is 16.2. The molecule has 1 aliphatic rings. The second-order valence-corrected chi connectivity index (χ2v) is 8.06. The summed E-state index contributed by atoms with van der Waals surface area (Å²) in [7, 11) is -3.12. The topological polar surface area (TPSA) is 78.5 Å². The Morgan fingerprint density at radius 2 is 1.79 bits per heavy atom. The van der Waals surface area contributed by atoms with E-state index in [1.165, 1.54) is 6.26 Å². The molecule has 1 rings (SSSR count). The van der Waals surface area contributed by atoms with E-state index in [1.54, 1.807) is 4.90 Å². The van der Waals surface area contributed by atoms with Crippen molar-refractivity contribution in [3.8, 4) is 0 Å². The molecular formula is C12H25N3O3S. The van der Waals surface area contributed by atoms with Crippen LogP contribution in [-0.4, -0.2) is 50.8 Å². The number of sulfonamides is 1. The lowest BCUT2D eigenvalue weighted by Gasteiger charge is -2.34. The Kier molecular flexibility index (Phi) is 5.20. The van der Waals surface area contributed by atoms with Gasteiger partial charge >= 0.3 is 6.03 Å². The van der Waals surface area contributed by atoms with Crippen LogP contribution in [0.15, 0.2) is 0 Å². The zero-order valence-corrected chi connectivity index (χ0v) is 13.0. The van der Waals surface area contributed by atoms with Crippen LogP contribution in [0.4, 0.5) is 4.79 Å². The minimum Gasteiger partial charge on any atom is -0.333 e. The number of urea groups is 1. The van der Waals surface area contributed by atoms with E-state index in [0.29, 0.717) is 25.6 Å². The number of hydrogen-bond donors (Lipinski definition) is 2. The van der Waals surface area contributed by atoms with Gasteiger partial charge < -0.3 is 10.2 Å². The molecule has 1 aliphatic heterocycles. The van der Waals surface area contributed by atoms with Crippen molar-refractivity contribution in [1.29, 1.82) is 0 Å². The van der Waals surface area contributed by atoms with Crippen LogP contribution in [-0.2, 0) is 10.0 Å². The van der Waals surface area contributed by atoms with Crippen LogP contribution in [0.3, 0.4) is 0 Å². The molecule has 1 heterocycles. The molecule has 0 spiro atoms. The van der Waals surface area contributed by atoms with Crippen LogP contribution < -0.4 is 10.0 Å². The smallest absolute Gasteiger partial charge is 0.317 e. The SMILES string of the molecule is CC(C)(C)NC(=O)N1CCC(CNS(C)(=O)=O)CC1. The zero-order chi connectivity index (χ0) is 14.7. The minimum atomic E-state index is -3.12. The number of nitrogens with one attached hydrogen (secondary N) is 2. The van der Waals surface area contributed by atoms with Gasteiger partial charge in [0.1, 0.15) is 0 Å². The first-order valence-corrected chi connectivity index (χ1v) is 8.48. The van der Waals surface area contributed by atoms with E-state index in [4.69, 9.17) is 0 Å². The van der Waals surface area contributed by atoms with Crippen molar-refractivity contribution in [2.45, 2.75) is 39.2 Å². The van der Waals surface area contributed by atoms with Crippen LogP contribution in [0.25, 0.3) is 0 Å². The Hall–Kier alpha value is -0.820. The van der Waals surface area contributed by atoms with Gasteiger partial charge in [0.15, 0.2) is 0 Å². The summed E-state index contributed by atoms with van der Waals surface area (Å²) in [6, 6.07) is -0.0398. The molecular weight excluding hydrogens is 266 g/mol. The molecule has 7 heteroatoms. The van der Waals surface area contributed by atoms with E-state index in [0.717, 1.165) is 12.8 Å². The lowest BCUT2D eigenvalue weighted by atomic mass is 9.97. The summed E-state index contributed by atoms with van der Waals surface area (Å²) in [5, 5.41) is 2.94. The molecule has 2 amide bonds. The van der Waals surface area contributed by atoms with Gasteiger partial charge in [-0.2, -0.15) is 0 Å². The molecule has 0 aromatic carbocycles. The molecule has 0 unspecified atom stereocenters. The van der Waals surface area contributed by atoms with Gasteiger partial charge in [-0.05, 0) is 39.5 Å². The Balaban J connectivity index is 2.35. The van der Waals surface area contributed by atoms with Crippen LogP contribution >= 0.6 is 0 Å². The molecule has 1 saturated heterocycles. The van der Waals surface area contributed by atoms with E-state index >= 15 is 0 Å². The number of amides is 2. The lowest BCUT2D eigenvalue weighted by molar-refractivity contribution is 0.163. The predicted octanol–water partition coefficient (Wildman–Crippen LogP) is 0.756. The summed E-state index contributed by atoms with van der Waals surface area (Å²) >= 11 is 0. The molecule has 1 fully saturated rings. The van der Waals surface area contributed by atoms with Gasteiger partial charge in [0.2, 0.25) is 10.0 Å². The quantitative estimate of drug-likeness (QED) is 0.805. The maximum absolute atomic E-state index is 11.9. The van der Waals surface area contributed by atoms with E-state index in [1.807, 2.05) is 20.8 Å². The fraction of sp³-hybridized carbons (Fsp3) is 0.917. The molecule has 19 heavy (non-hydrogen) atoms. The highest BCUT2D eigenvalue weighted by molar-refractivity contribution is 7.88. The molecule has 0 aromatic rings. The Morgan fingerprint density at radius 3 is 2.21 bits per heavy atom. The maximum atomic E-state index is 11.9. The highest BCUT2D eigenvalue weighted by atomic mass is 32.2. The lowest BCUT2D eigenvalue weighted by Crippen LogP contribution is -2.51. The monoisotopic (exact) mass is 291 g/mol. The van der Waals surface area contributed by atoms with Crippen molar-refractivity contribution in [2.75, 3.05) is 25.9 Å². The van der Waals surface area contributed by atoms with E-state index in [2.05, 4.69) is 10.0 Å². The van der Waals surface area contributed by atoms with Gasteiger partial charge in [0.25, 0.3) is 0 Å². The summed E-state index contributed by atoms with van der Waals surface area (Å²) in [5.41, 5.74) is -0.230. The fourth-order valence-electron chi connectivity index (χ4n) is 2.01. The summed E-state index contributed by atoms with van der Waals surface area (Å²) in [5.74, 6) is 0.313. The molecule has 112 valence electrons. The van der Waals surface area contributed by atoms with Gasteiger partial charge in [0, 0.05) is 25.2 Å². The highest BCUT2D eigenvalue weighted by Gasteiger charge is 2.25. The van der Waals surface area contributed by atoms with Crippen molar-refractivity contribution < 1.29 is 13.2 Å². The Bertz CT molecular complexity index is 406. The second-order valence-electron chi connectivity index (χ2n) is 6.23. The van der Waals surface area contributed by atoms with Crippen LogP contribution in [0.2, 0.25) is 0 Å². The van der Waals surface area contributed by atoms with Crippen LogP contribution in [0, 0.1) is 5.92 Å². The standard InChI is InChI=1S/C12H25N3O3S/c1-12(2,3)14-11(16)15-7-5-10(6-8-15)9-13-19(4,17)18/h10,13H,5-9H2,1-4H3,(H,14,16). The highest BCUT2D eigenvalue weighted by Crippen LogP contribution is 2.17. The molecule has 0 aliphatic carbocycles. The van der Waals surface area contributed by atoms with E-state index in [-0.39, 0.29) is 11.6 Å². The summed E-state index contributed by atoms with van der Waals surface area (Å²) in [6.45, 7) is 7.68. The summed E-state index contributed by atoms with van der Waals surface area (Å²) < 4.78 is 24.6. The summed E-state index contributed by atoms with van der Waals surface area (Å²) in [4.78, 5) is 13.7. The molecule has 0 saturated carbocycles. The van der Waals surface area contributed by atoms with Crippen molar-refractivity contribution >= 4 is 16.1 Å². The van der Waals surface area contributed by atoms with Crippen molar-refractivity contribution in [3.63, 3.8) is 0 Å². The third kappa shape index (κ3) is 6.77. The molecule has 6 nitrogen and oxygen atoms in total. The number of carbonyl (C=O) groups is 1. The zero-order valence-electron chi connectivity index (χ0n) is 12.2. The summed E-state index contributed by atoms with van der Waals surface area (Å²) in [6.07, 6.45) is 2.83. The number of hydrogen-bond acceptors (Lipinski definition) is 3.